The van der Waals surface area contributed by atoms with E-state index in [1.165, 1.54) is 38.5 Å². The monoisotopic (exact) mass is 308 g/mol. The van der Waals surface area contributed by atoms with Crippen LogP contribution < -0.4 is 10.6 Å². The van der Waals surface area contributed by atoms with Crippen molar-refractivity contribution in [2.24, 2.45) is 0 Å². The van der Waals surface area contributed by atoms with E-state index in [0.29, 0.717) is 23.2 Å². The molecule has 0 unspecified atom stereocenters. The highest BCUT2D eigenvalue weighted by Gasteiger charge is 2.13. The fourth-order valence-corrected chi connectivity index (χ4v) is 2.87. The Labute approximate surface area is 136 Å². The van der Waals surface area contributed by atoms with Gasteiger partial charge in [0.2, 0.25) is 5.95 Å². The lowest BCUT2D eigenvalue weighted by molar-refractivity contribution is 0.617. The highest BCUT2D eigenvalue weighted by Crippen LogP contribution is 2.21. The molecule has 0 aliphatic heterocycles. The third-order valence-corrected chi connectivity index (χ3v) is 4.06. The zero-order valence-corrected chi connectivity index (χ0v) is 13.0. The van der Waals surface area contributed by atoms with Crippen molar-refractivity contribution in [2.75, 3.05) is 10.6 Å². The van der Waals surface area contributed by atoms with Crippen LogP contribution in [0.15, 0.2) is 30.5 Å². The summed E-state index contributed by atoms with van der Waals surface area (Å²) in [7, 11) is 0. The number of hydrogen-bond donors (Lipinski definition) is 2. The zero-order chi connectivity index (χ0) is 15.9. The molecular weight excluding hydrogens is 288 g/mol. The fraction of sp³-hybridized carbons (Fsp3) is 0.412. The molecule has 0 radical (unpaired) electrons. The standard InChI is InChI=1S/C17H20N6/c18-11-13-7-5-6-10-15(13)21-17-22-16(12-19-23-17)20-14-8-3-1-2-4-9-14/h5-7,10,12,14H,1-4,8-9H2,(H2,20,21,22,23). The number of nitrogens with zero attached hydrogens (tertiary/aromatic N) is 4. The van der Waals surface area contributed by atoms with Gasteiger partial charge in [0.05, 0.1) is 17.4 Å². The number of para-hydroxylation sites is 1. The van der Waals surface area contributed by atoms with Crippen LogP contribution in [0, 0.1) is 11.3 Å². The first-order valence-corrected chi connectivity index (χ1v) is 8.07. The van der Waals surface area contributed by atoms with Crippen LogP contribution in [-0.4, -0.2) is 21.2 Å². The number of rotatable bonds is 4. The lowest BCUT2D eigenvalue weighted by atomic mass is 10.1. The Morgan fingerprint density at radius 2 is 1.87 bits per heavy atom. The zero-order valence-electron chi connectivity index (χ0n) is 13.0. The molecule has 6 heteroatoms. The molecule has 2 aromatic rings. The molecule has 1 aliphatic rings. The van der Waals surface area contributed by atoms with E-state index in [4.69, 9.17) is 5.26 Å². The van der Waals surface area contributed by atoms with E-state index in [2.05, 4.69) is 31.9 Å². The summed E-state index contributed by atoms with van der Waals surface area (Å²) in [6.07, 6.45) is 9.14. The van der Waals surface area contributed by atoms with Crippen LogP contribution >= 0.6 is 0 Å². The van der Waals surface area contributed by atoms with Gasteiger partial charge in [-0.2, -0.15) is 15.3 Å². The summed E-state index contributed by atoms with van der Waals surface area (Å²) < 4.78 is 0. The van der Waals surface area contributed by atoms with Crippen molar-refractivity contribution in [1.29, 1.82) is 5.26 Å². The number of aromatic nitrogens is 3. The lowest BCUT2D eigenvalue weighted by Gasteiger charge is -2.16. The Hall–Kier alpha value is -2.68. The van der Waals surface area contributed by atoms with Gasteiger partial charge >= 0.3 is 0 Å². The minimum atomic E-state index is 0.395. The van der Waals surface area contributed by atoms with Crippen molar-refractivity contribution in [3.05, 3.63) is 36.0 Å². The average Bonchev–Trinajstić information content (AvgIpc) is 2.84. The van der Waals surface area contributed by atoms with Crippen LogP contribution in [0.5, 0.6) is 0 Å². The molecule has 3 rings (SSSR count). The molecule has 0 atom stereocenters. The van der Waals surface area contributed by atoms with Crippen LogP contribution in [0.2, 0.25) is 0 Å². The first kappa shape index (κ1) is 15.2. The van der Waals surface area contributed by atoms with Crippen molar-refractivity contribution in [2.45, 2.75) is 44.6 Å². The van der Waals surface area contributed by atoms with Gasteiger partial charge in [-0.15, -0.1) is 5.10 Å². The smallest absolute Gasteiger partial charge is 0.249 e. The van der Waals surface area contributed by atoms with E-state index in [1.54, 1.807) is 12.3 Å². The molecular formula is C17H20N6. The van der Waals surface area contributed by atoms with Crippen LogP contribution in [0.1, 0.15) is 44.1 Å². The molecule has 1 fully saturated rings. The van der Waals surface area contributed by atoms with Crippen molar-refractivity contribution in [3.8, 4) is 6.07 Å². The summed E-state index contributed by atoms with van der Waals surface area (Å²) in [5.41, 5.74) is 1.24. The summed E-state index contributed by atoms with van der Waals surface area (Å²) in [4.78, 5) is 4.46. The Bertz CT molecular complexity index is 685. The number of benzene rings is 1. The average molecular weight is 308 g/mol. The summed E-state index contributed by atoms with van der Waals surface area (Å²) in [5, 5.41) is 23.7. The molecule has 0 spiro atoms. The molecule has 0 saturated heterocycles. The molecule has 6 nitrogen and oxygen atoms in total. The predicted octanol–water partition coefficient (Wildman–Crippen LogP) is 3.62. The second-order valence-electron chi connectivity index (χ2n) is 5.78. The quantitative estimate of drug-likeness (QED) is 0.839. The Morgan fingerprint density at radius 3 is 2.65 bits per heavy atom. The SMILES string of the molecule is N#Cc1ccccc1Nc1nncc(NC2CCCCCC2)n1. The third kappa shape index (κ3) is 4.16. The van der Waals surface area contributed by atoms with Gasteiger partial charge in [-0.25, -0.2) is 0 Å². The fourth-order valence-electron chi connectivity index (χ4n) is 2.87. The summed E-state index contributed by atoms with van der Waals surface area (Å²) in [6.45, 7) is 0. The van der Waals surface area contributed by atoms with Gasteiger partial charge in [-0.05, 0) is 25.0 Å². The van der Waals surface area contributed by atoms with E-state index in [0.717, 1.165) is 5.82 Å². The van der Waals surface area contributed by atoms with Crippen molar-refractivity contribution in [3.63, 3.8) is 0 Å². The van der Waals surface area contributed by atoms with E-state index in [1.807, 2.05) is 18.2 Å². The third-order valence-electron chi connectivity index (χ3n) is 4.06. The molecule has 1 heterocycles. The Morgan fingerprint density at radius 1 is 1.09 bits per heavy atom. The second kappa shape index (κ2) is 7.54. The van der Waals surface area contributed by atoms with Gasteiger partial charge in [-0.3, -0.25) is 0 Å². The van der Waals surface area contributed by atoms with Crippen LogP contribution in [-0.2, 0) is 0 Å². The largest absolute Gasteiger partial charge is 0.366 e. The highest BCUT2D eigenvalue weighted by atomic mass is 15.3. The van der Waals surface area contributed by atoms with Crippen LogP contribution in [0.3, 0.4) is 0 Å². The van der Waals surface area contributed by atoms with Gasteiger partial charge in [0.25, 0.3) is 0 Å². The first-order valence-electron chi connectivity index (χ1n) is 8.07. The van der Waals surface area contributed by atoms with Crippen molar-refractivity contribution in [1.82, 2.24) is 15.2 Å². The van der Waals surface area contributed by atoms with E-state index >= 15 is 0 Å². The number of anilines is 3. The maximum atomic E-state index is 9.14. The van der Waals surface area contributed by atoms with E-state index in [-0.39, 0.29) is 0 Å². The summed E-state index contributed by atoms with van der Waals surface area (Å²) in [6, 6.07) is 9.87. The number of nitriles is 1. The summed E-state index contributed by atoms with van der Waals surface area (Å²) >= 11 is 0. The normalized spacial score (nSPS) is 15.4. The van der Waals surface area contributed by atoms with Crippen molar-refractivity contribution < 1.29 is 0 Å². The molecule has 0 bridgehead atoms. The van der Waals surface area contributed by atoms with Gasteiger partial charge in [0, 0.05) is 6.04 Å². The summed E-state index contributed by atoms with van der Waals surface area (Å²) in [5.74, 6) is 1.12. The molecule has 1 aromatic carbocycles. The molecule has 0 amide bonds. The lowest BCUT2D eigenvalue weighted by Crippen LogP contribution is -2.19. The second-order valence-corrected chi connectivity index (χ2v) is 5.78. The number of hydrogen-bond acceptors (Lipinski definition) is 6. The minimum absolute atomic E-state index is 0.395. The molecule has 2 N–H and O–H groups in total. The molecule has 1 aromatic heterocycles. The maximum absolute atomic E-state index is 9.14. The van der Waals surface area contributed by atoms with Gasteiger partial charge < -0.3 is 10.6 Å². The van der Waals surface area contributed by atoms with Gasteiger partial charge in [-0.1, -0.05) is 37.8 Å². The number of nitrogens with one attached hydrogen (secondary N) is 2. The molecule has 118 valence electrons. The van der Waals surface area contributed by atoms with Crippen molar-refractivity contribution >= 4 is 17.5 Å². The van der Waals surface area contributed by atoms with E-state index in [9.17, 15) is 0 Å². The van der Waals surface area contributed by atoms with Crippen LogP contribution in [0.25, 0.3) is 0 Å². The van der Waals surface area contributed by atoms with Gasteiger partial charge in [0.1, 0.15) is 6.07 Å². The molecule has 1 saturated carbocycles. The Balaban J connectivity index is 1.71. The first-order chi connectivity index (χ1) is 11.3. The Kier molecular flexibility index (Phi) is 4.99. The topological polar surface area (TPSA) is 86.5 Å². The molecule has 23 heavy (non-hydrogen) atoms. The highest BCUT2D eigenvalue weighted by molar-refractivity contribution is 5.63. The van der Waals surface area contributed by atoms with Crippen LogP contribution in [0.4, 0.5) is 17.5 Å². The predicted molar refractivity (Wildman–Crippen MR) is 89.4 cm³/mol. The minimum Gasteiger partial charge on any atom is -0.366 e. The molecule has 1 aliphatic carbocycles. The van der Waals surface area contributed by atoms with E-state index < -0.39 is 0 Å². The van der Waals surface area contributed by atoms with Gasteiger partial charge in [0.15, 0.2) is 5.82 Å². The maximum Gasteiger partial charge on any atom is 0.249 e.